The predicted octanol–water partition coefficient (Wildman–Crippen LogP) is 4.08. The Morgan fingerprint density at radius 1 is 0.611 bits per heavy atom. The Labute approximate surface area is 122 Å². The third kappa shape index (κ3) is 16.6. The van der Waals surface area contributed by atoms with Crippen molar-refractivity contribution in [3.63, 3.8) is 0 Å². The first-order valence-corrected chi connectivity index (χ1v) is 8.61. The highest BCUT2D eigenvalue weighted by atomic mass is 32.2. The van der Waals surface area contributed by atoms with Gasteiger partial charge in [0.1, 0.15) is 0 Å². The first-order valence-electron chi connectivity index (χ1n) is 6.64. The number of ether oxygens (including phenoxy) is 2. The summed E-state index contributed by atoms with van der Waals surface area (Å²) in [6.07, 6.45) is 0. The van der Waals surface area contributed by atoms with Gasteiger partial charge in [-0.2, -0.15) is 23.5 Å². The zero-order valence-electron chi connectivity index (χ0n) is 12.9. The largest absolute Gasteiger partial charge is 0.378 e. The van der Waals surface area contributed by atoms with Gasteiger partial charge in [-0.3, -0.25) is 0 Å². The van der Waals surface area contributed by atoms with Gasteiger partial charge in [0.15, 0.2) is 0 Å². The molecule has 0 saturated carbocycles. The summed E-state index contributed by atoms with van der Waals surface area (Å²) in [7, 11) is 0. The van der Waals surface area contributed by atoms with E-state index < -0.39 is 0 Å². The molecule has 0 atom stereocenters. The van der Waals surface area contributed by atoms with Crippen molar-refractivity contribution in [1.82, 2.24) is 0 Å². The van der Waals surface area contributed by atoms with E-state index in [9.17, 15) is 0 Å². The summed E-state index contributed by atoms with van der Waals surface area (Å²) in [5.74, 6) is 2.12. The molecule has 0 amide bonds. The first kappa shape index (κ1) is 18.6. The molecule has 18 heavy (non-hydrogen) atoms. The van der Waals surface area contributed by atoms with E-state index in [2.05, 4.69) is 41.5 Å². The molecular weight excluding hydrogens is 264 g/mol. The van der Waals surface area contributed by atoms with Crippen LogP contribution in [0.5, 0.6) is 0 Å². The Morgan fingerprint density at radius 3 is 1.22 bits per heavy atom. The highest BCUT2D eigenvalue weighted by Crippen LogP contribution is 2.23. The molecule has 0 spiro atoms. The van der Waals surface area contributed by atoms with Crippen LogP contribution in [0.15, 0.2) is 0 Å². The Morgan fingerprint density at radius 2 is 0.944 bits per heavy atom. The van der Waals surface area contributed by atoms with E-state index in [1.54, 1.807) is 0 Å². The van der Waals surface area contributed by atoms with Crippen LogP contribution in [0.4, 0.5) is 0 Å². The Balaban J connectivity index is 3.13. The second-order valence-corrected chi connectivity index (χ2v) is 9.99. The molecule has 0 heterocycles. The van der Waals surface area contributed by atoms with Crippen molar-refractivity contribution in [3.05, 3.63) is 0 Å². The molecule has 110 valence electrons. The molecular formula is C14H30O2S2. The molecule has 0 N–H and O–H groups in total. The van der Waals surface area contributed by atoms with Crippen LogP contribution in [-0.2, 0) is 9.47 Å². The highest BCUT2D eigenvalue weighted by molar-refractivity contribution is 8.00. The molecule has 0 aliphatic carbocycles. The van der Waals surface area contributed by atoms with Crippen LogP contribution in [0.1, 0.15) is 41.5 Å². The minimum atomic E-state index is 0.337. The van der Waals surface area contributed by atoms with E-state index in [0.717, 1.165) is 24.7 Å². The fraction of sp³-hybridized carbons (Fsp3) is 1.00. The van der Waals surface area contributed by atoms with Gasteiger partial charge in [0.2, 0.25) is 0 Å². The fourth-order valence-electron chi connectivity index (χ4n) is 1.14. The van der Waals surface area contributed by atoms with Gasteiger partial charge >= 0.3 is 0 Å². The molecule has 2 nitrogen and oxygen atoms in total. The summed E-state index contributed by atoms with van der Waals surface area (Å²) < 4.78 is 11.7. The Kier molecular flexibility index (Phi) is 9.84. The summed E-state index contributed by atoms with van der Waals surface area (Å²) in [4.78, 5) is 0. The van der Waals surface area contributed by atoms with Crippen LogP contribution in [0.2, 0.25) is 0 Å². The summed E-state index contributed by atoms with van der Waals surface area (Å²) in [5.41, 5.74) is 0. The lowest BCUT2D eigenvalue weighted by atomic mass is 10.3. The van der Waals surface area contributed by atoms with Gasteiger partial charge in [0.05, 0.1) is 26.4 Å². The summed E-state index contributed by atoms with van der Waals surface area (Å²) in [6, 6.07) is 0. The van der Waals surface area contributed by atoms with Crippen molar-refractivity contribution in [2.45, 2.75) is 51.0 Å². The van der Waals surface area contributed by atoms with E-state index >= 15 is 0 Å². The quantitative estimate of drug-likeness (QED) is 0.596. The maximum atomic E-state index is 5.52. The minimum Gasteiger partial charge on any atom is -0.378 e. The fourth-order valence-corrected chi connectivity index (χ4v) is 2.76. The van der Waals surface area contributed by atoms with E-state index in [0.29, 0.717) is 22.7 Å². The second kappa shape index (κ2) is 9.51. The number of hydrogen-bond donors (Lipinski definition) is 0. The molecule has 0 bridgehead atoms. The molecule has 0 aliphatic heterocycles. The predicted molar refractivity (Wildman–Crippen MR) is 86.1 cm³/mol. The molecule has 0 fully saturated rings. The van der Waals surface area contributed by atoms with E-state index in [-0.39, 0.29) is 0 Å². The van der Waals surface area contributed by atoms with Gasteiger partial charge in [0, 0.05) is 21.0 Å². The topological polar surface area (TPSA) is 18.5 Å². The van der Waals surface area contributed by atoms with Crippen LogP contribution in [-0.4, -0.2) is 47.4 Å². The van der Waals surface area contributed by atoms with Crippen LogP contribution >= 0.6 is 23.5 Å². The lowest BCUT2D eigenvalue weighted by molar-refractivity contribution is 0.0604. The van der Waals surface area contributed by atoms with Crippen LogP contribution in [0.25, 0.3) is 0 Å². The molecule has 0 aliphatic rings. The highest BCUT2D eigenvalue weighted by Gasteiger charge is 2.10. The maximum Gasteiger partial charge on any atom is 0.0700 e. The molecule has 0 saturated heterocycles. The van der Waals surface area contributed by atoms with Crippen molar-refractivity contribution in [2.24, 2.45) is 0 Å². The smallest absolute Gasteiger partial charge is 0.0700 e. The van der Waals surface area contributed by atoms with Crippen molar-refractivity contribution in [3.8, 4) is 0 Å². The third-order valence-electron chi connectivity index (χ3n) is 1.90. The standard InChI is InChI=1S/C14H30O2S2/c1-13(2,3)17-11-9-15-7-8-16-10-12-18-14(4,5)6/h7-12H2,1-6H3. The van der Waals surface area contributed by atoms with E-state index in [1.807, 2.05) is 23.5 Å². The van der Waals surface area contributed by atoms with Crippen LogP contribution in [0, 0.1) is 0 Å². The minimum absolute atomic E-state index is 0.337. The summed E-state index contributed by atoms with van der Waals surface area (Å²) in [5, 5.41) is 0. The Bertz CT molecular complexity index is 173. The van der Waals surface area contributed by atoms with Gasteiger partial charge in [-0.1, -0.05) is 41.5 Å². The summed E-state index contributed by atoms with van der Waals surface area (Å²) in [6.45, 7) is 16.4. The number of hydrogen-bond acceptors (Lipinski definition) is 4. The third-order valence-corrected chi connectivity index (χ3v) is 4.37. The van der Waals surface area contributed by atoms with Gasteiger partial charge < -0.3 is 9.47 Å². The van der Waals surface area contributed by atoms with Gasteiger partial charge in [-0.15, -0.1) is 0 Å². The average Bonchev–Trinajstić information content (AvgIpc) is 2.17. The number of rotatable bonds is 9. The molecule has 0 aromatic heterocycles. The normalized spacial score (nSPS) is 13.0. The average molecular weight is 295 g/mol. The van der Waals surface area contributed by atoms with Crippen molar-refractivity contribution < 1.29 is 9.47 Å². The van der Waals surface area contributed by atoms with Gasteiger partial charge in [-0.25, -0.2) is 0 Å². The second-order valence-electron chi connectivity index (χ2n) is 6.15. The van der Waals surface area contributed by atoms with Crippen molar-refractivity contribution >= 4 is 23.5 Å². The van der Waals surface area contributed by atoms with Crippen molar-refractivity contribution in [2.75, 3.05) is 37.9 Å². The zero-order chi connectivity index (χ0) is 14.1. The van der Waals surface area contributed by atoms with Gasteiger partial charge in [-0.05, 0) is 0 Å². The van der Waals surface area contributed by atoms with Gasteiger partial charge in [0.25, 0.3) is 0 Å². The maximum absolute atomic E-state index is 5.52. The molecule has 0 aromatic rings. The lowest BCUT2D eigenvalue weighted by Gasteiger charge is -2.17. The SMILES string of the molecule is CC(C)(C)SCCOCCOCCSC(C)(C)C. The van der Waals surface area contributed by atoms with Crippen molar-refractivity contribution in [1.29, 1.82) is 0 Å². The lowest BCUT2D eigenvalue weighted by Crippen LogP contribution is -2.14. The molecule has 0 aromatic carbocycles. The zero-order valence-corrected chi connectivity index (χ0v) is 14.5. The first-order chi connectivity index (χ1) is 8.21. The van der Waals surface area contributed by atoms with E-state index in [1.165, 1.54) is 0 Å². The molecule has 0 unspecified atom stereocenters. The molecule has 4 heteroatoms. The molecule has 0 radical (unpaired) electrons. The summed E-state index contributed by atoms with van der Waals surface area (Å²) >= 11 is 3.88. The number of thioether (sulfide) groups is 2. The Hall–Kier alpha value is 0.620. The van der Waals surface area contributed by atoms with Crippen LogP contribution < -0.4 is 0 Å². The van der Waals surface area contributed by atoms with E-state index in [4.69, 9.17) is 9.47 Å². The monoisotopic (exact) mass is 294 g/mol. The molecule has 0 rings (SSSR count). The van der Waals surface area contributed by atoms with Crippen LogP contribution in [0.3, 0.4) is 0 Å².